The van der Waals surface area contributed by atoms with Crippen molar-refractivity contribution in [3.8, 4) is 23.0 Å². The van der Waals surface area contributed by atoms with Crippen LogP contribution in [0.2, 0.25) is 0 Å². The lowest BCUT2D eigenvalue weighted by molar-refractivity contribution is -0.123. The first kappa shape index (κ1) is 21.8. The fourth-order valence-corrected chi connectivity index (χ4v) is 3.57. The molecule has 8 heteroatoms. The molecule has 0 radical (unpaired) electrons. The van der Waals surface area contributed by atoms with Gasteiger partial charge in [-0.15, -0.1) is 0 Å². The van der Waals surface area contributed by atoms with Gasteiger partial charge in [0.05, 0.1) is 18.9 Å². The van der Waals surface area contributed by atoms with Crippen molar-refractivity contribution >= 4 is 11.8 Å². The molecule has 0 spiro atoms. The van der Waals surface area contributed by atoms with Gasteiger partial charge in [-0.2, -0.15) is 0 Å². The van der Waals surface area contributed by atoms with Crippen LogP contribution < -0.4 is 29.6 Å². The summed E-state index contributed by atoms with van der Waals surface area (Å²) >= 11 is 0. The maximum Gasteiger partial charge on any atom is 0.231 e. The van der Waals surface area contributed by atoms with Crippen molar-refractivity contribution < 1.29 is 28.5 Å². The number of hydrogen-bond acceptors (Lipinski definition) is 6. The number of fused-ring (bicyclic) bond motifs is 2. The van der Waals surface area contributed by atoms with Crippen molar-refractivity contribution in [1.29, 1.82) is 0 Å². The van der Waals surface area contributed by atoms with Crippen LogP contribution in [0.3, 0.4) is 0 Å². The molecule has 0 bridgehead atoms. The van der Waals surface area contributed by atoms with Gasteiger partial charge in [0.2, 0.25) is 25.4 Å². The van der Waals surface area contributed by atoms with Crippen molar-refractivity contribution in [2.75, 3.05) is 20.1 Å². The van der Waals surface area contributed by atoms with Crippen LogP contribution in [0.1, 0.15) is 31.9 Å². The molecule has 0 unspecified atom stereocenters. The molecule has 0 saturated carbocycles. The quantitative estimate of drug-likeness (QED) is 0.687. The number of amides is 2. The Morgan fingerprint density at radius 2 is 1.31 bits per heavy atom. The highest BCUT2D eigenvalue weighted by Crippen LogP contribution is 2.33. The smallest absolute Gasteiger partial charge is 0.231 e. The number of carbonyl (C=O) groups is 2. The monoisotopic (exact) mass is 440 g/mol. The first-order valence-electron chi connectivity index (χ1n) is 10.6. The van der Waals surface area contributed by atoms with E-state index in [1.54, 1.807) is 6.07 Å². The second kappa shape index (κ2) is 8.98. The Kier molecular flexibility index (Phi) is 6.12. The van der Waals surface area contributed by atoms with E-state index < -0.39 is 0 Å². The van der Waals surface area contributed by atoms with Crippen LogP contribution in [0.15, 0.2) is 36.4 Å². The van der Waals surface area contributed by atoms with E-state index >= 15 is 0 Å². The van der Waals surface area contributed by atoms with Crippen molar-refractivity contribution in [3.63, 3.8) is 0 Å². The van der Waals surface area contributed by atoms with Gasteiger partial charge in [-0.05, 0) is 40.8 Å². The second-order valence-corrected chi connectivity index (χ2v) is 9.02. The van der Waals surface area contributed by atoms with Gasteiger partial charge in [-0.25, -0.2) is 0 Å². The molecular weight excluding hydrogens is 412 g/mol. The molecule has 2 aliphatic rings. The zero-order valence-electron chi connectivity index (χ0n) is 18.5. The maximum absolute atomic E-state index is 12.7. The van der Waals surface area contributed by atoms with Gasteiger partial charge in [0.25, 0.3) is 0 Å². The van der Waals surface area contributed by atoms with Gasteiger partial charge in [-0.3, -0.25) is 9.59 Å². The first-order valence-corrected chi connectivity index (χ1v) is 10.6. The van der Waals surface area contributed by atoms with Gasteiger partial charge >= 0.3 is 0 Å². The van der Waals surface area contributed by atoms with E-state index in [4.69, 9.17) is 18.9 Å². The van der Waals surface area contributed by atoms with Crippen LogP contribution in [0, 0.1) is 5.41 Å². The van der Waals surface area contributed by atoms with Crippen LogP contribution in [0.4, 0.5) is 0 Å². The van der Waals surface area contributed by atoms with E-state index in [0.29, 0.717) is 29.5 Å². The molecule has 0 saturated heterocycles. The molecule has 0 aliphatic carbocycles. The minimum atomic E-state index is -0.240. The molecule has 2 aliphatic heterocycles. The molecule has 2 aromatic rings. The van der Waals surface area contributed by atoms with E-state index in [-0.39, 0.29) is 49.7 Å². The summed E-state index contributed by atoms with van der Waals surface area (Å²) < 4.78 is 21.4. The number of ether oxygens (including phenoxy) is 4. The summed E-state index contributed by atoms with van der Waals surface area (Å²) in [4.78, 5) is 25.2. The molecule has 32 heavy (non-hydrogen) atoms. The van der Waals surface area contributed by atoms with Gasteiger partial charge < -0.3 is 29.6 Å². The minimum Gasteiger partial charge on any atom is -0.454 e. The van der Waals surface area contributed by atoms with Crippen molar-refractivity contribution in [2.24, 2.45) is 5.41 Å². The van der Waals surface area contributed by atoms with Crippen LogP contribution in [-0.4, -0.2) is 38.0 Å². The standard InChI is InChI=1S/C24H28N2O6/c1-24(2,3)21(26-23(28)11-16-5-7-18-20(9-16)32-14-30-18)12-25-22(27)10-15-4-6-17-19(8-15)31-13-29-17/h4-9,21H,10-14H2,1-3H3,(H,25,27)(H,26,28)/t21-/m1/s1. The Hall–Kier alpha value is -3.42. The zero-order chi connectivity index (χ0) is 22.7. The van der Waals surface area contributed by atoms with Gasteiger partial charge in [-0.1, -0.05) is 32.9 Å². The van der Waals surface area contributed by atoms with Gasteiger partial charge in [0.15, 0.2) is 23.0 Å². The van der Waals surface area contributed by atoms with E-state index in [1.165, 1.54) is 0 Å². The Morgan fingerprint density at radius 1 is 0.812 bits per heavy atom. The molecule has 0 aromatic heterocycles. The normalized spacial score (nSPS) is 14.7. The molecule has 0 fully saturated rings. The third kappa shape index (κ3) is 5.25. The number of benzene rings is 2. The highest BCUT2D eigenvalue weighted by molar-refractivity contribution is 5.80. The third-order valence-electron chi connectivity index (χ3n) is 5.49. The van der Waals surface area contributed by atoms with Crippen LogP contribution in [0.25, 0.3) is 0 Å². The average Bonchev–Trinajstić information content (AvgIpc) is 3.38. The topological polar surface area (TPSA) is 95.1 Å². The highest BCUT2D eigenvalue weighted by atomic mass is 16.7. The number of rotatable bonds is 7. The summed E-state index contributed by atoms with van der Waals surface area (Å²) in [6.45, 7) is 6.82. The Labute approximate surface area is 187 Å². The maximum atomic E-state index is 12.7. The summed E-state index contributed by atoms with van der Waals surface area (Å²) in [7, 11) is 0. The zero-order valence-corrected chi connectivity index (χ0v) is 18.5. The predicted molar refractivity (Wildman–Crippen MR) is 117 cm³/mol. The lowest BCUT2D eigenvalue weighted by Gasteiger charge is -2.31. The van der Waals surface area contributed by atoms with Gasteiger partial charge in [0, 0.05) is 6.54 Å². The number of nitrogens with one attached hydrogen (secondary N) is 2. The Balaban J connectivity index is 1.31. The Morgan fingerprint density at radius 3 is 1.84 bits per heavy atom. The molecule has 1 atom stereocenters. The van der Waals surface area contributed by atoms with E-state index in [9.17, 15) is 9.59 Å². The predicted octanol–water partition coefficient (Wildman–Crippen LogP) is 2.58. The fraction of sp³-hybridized carbons (Fsp3) is 0.417. The fourth-order valence-electron chi connectivity index (χ4n) is 3.57. The lowest BCUT2D eigenvalue weighted by atomic mass is 9.86. The van der Waals surface area contributed by atoms with Crippen LogP contribution in [0.5, 0.6) is 23.0 Å². The average molecular weight is 440 g/mol. The molecule has 170 valence electrons. The van der Waals surface area contributed by atoms with Crippen LogP contribution in [-0.2, 0) is 22.4 Å². The Bertz CT molecular complexity index is 1010. The molecule has 2 heterocycles. The molecule has 8 nitrogen and oxygen atoms in total. The van der Waals surface area contributed by atoms with Crippen molar-refractivity contribution in [1.82, 2.24) is 10.6 Å². The minimum absolute atomic E-state index is 0.117. The van der Waals surface area contributed by atoms with E-state index in [2.05, 4.69) is 10.6 Å². The summed E-state index contributed by atoms with van der Waals surface area (Å²) in [5.41, 5.74) is 1.44. The molecule has 2 amide bonds. The van der Waals surface area contributed by atoms with Crippen molar-refractivity contribution in [3.05, 3.63) is 47.5 Å². The first-order chi connectivity index (χ1) is 15.3. The largest absolute Gasteiger partial charge is 0.454 e. The third-order valence-corrected chi connectivity index (χ3v) is 5.49. The lowest BCUT2D eigenvalue weighted by Crippen LogP contribution is -2.51. The summed E-state index contributed by atoms with van der Waals surface area (Å²) in [6, 6.07) is 10.7. The molecular formula is C24H28N2O6. The molecule has 4 rings (SSSR count). The number of hydrogen-bond donors (Lipinski definition) is 2. The summed E-state index contributed by atoms with van der Waals surface area (Å²) in [5.74, 6) is 2.44. The SMILES string of the molecule is CC(C)(C)[C@@H](CNC(=O)Cc1ccc2c(c1)OCO2)NC(=O)Cc1ccc2c(c1)OCO2. The second-order valence-electron chi connectivity index (χ2n) is 9.02. The van der Waals surface area contributed by atoms with Gasteiger partial charge in [0.1, 0.15) is 0 Å². The summed E-state index contributed by atoms with van der Waals surface area (Å²) in [5, 5.41) is 6.01. The van der Waals surface area contributed by atoms with Crippen LogP contribution >= 0.6 is 0 Å². The van der Waals surface area contributed by atoms with Crippen molar-refractivity contribution in [2.45, 2.75) is 39.7 Å². The molecule has 2 aromatic carbocycles. The highest BCUT2D eigenvalue weighted by Gasteiger charge is 2.27. The molecule has 2 N–H and O–H groups in total. The summed E-state index contributed by atoms with van der Waals surface area (Å²) in [6.07, 6.45) is 0.438. The van der Waals surface area contributed by atoms with E-state index in [0.717, 1.165) is 11.1 Å². The number of carbonyl (C=O) groups excluding carboxylic acids is 2. The van der Waals surface area contributed by atoms with E-state index in [1.807, 2.05) is 51.1 Å².